The lowest BCUT2D eigenvalue weighted by atomic mass is 10.2. The fraction of sp³-hybridized carbons (Fsp3) is 0.308. The Morgan fingerprint density at radius 1 is 1.37 bits per heavy atom. The zero-order chi connectivity index (χ0) is 14.6. The maximum absolute atomic E-state index is 12.6. The van der Waals surface area contributed by atoms with E-state index in [-0.39, 0.29) is 5.69 Å². The van der Waals surface area contributed by atoms with Crippen molar-refractivity contribution < 1.29 is 22.7 Å². The molecule has 3 nitrogen and oxygen atoms in total. The van der Waals surface area contributed by atoms with Gasteiger partial charge in [-0.15, -0.1) is 6.58 Å². The minimum absolute atomic E-state index is 0.135. The van der Waals surface area contributed by atoms with E-state index in [2.05, 4.69) is 6.58 Å². The molecule has 0 N–H and O–H groups in total. The second-order valence-corrected chi connectivity index (χ2v) is 3.85. The molecule has 0 heterocycles. The maximum atomic E-state index is 12.6. The number of halogens is 3. The minimum atomic E-state index is -4.93. The zero-order valence-corrected chi connectivity index (χ0v) is 10.6. The van der Waals surface area contributed by atoms with Crippen molar-refractivity contribution in [1.29, 1.82) is 0 Å². The number of benzene rings is 1. The maximum Gasteiger partial charge on any atom is 0.471 e. The van der Waals surface area contributed by atoms with Gasteiger partial charge >= 0.3 is 12.1 Å². The van der Waals surface area contributed by atoms with Gasteiger partial charge in [0, 0.05) is 5.69 Å². The molecule has 0 saturated carbocycles. The number of methoxy groups -OCH3 is 1. The van der Waals surface area contributed by atoms with E-state index in [4.69, 9.17) is 4.74 Å². The van der Waals surface area contributed by atoms with Crippen molar-refractivity contribution in [2.24, 2.45) is 0 Å². The number of alkyl halides is 3. The van der Waals surface area contributed by atoms with E-state index in [1.165, 1.54) is 44.4 Å². The molecule has 0 saturated heterocycles. The number of hydrogen-bond acceptors (Lipinski definition) is 2. The molecular formula is C13H14F3NO2. The van der Waals surface area contributed by atoms with Gasteiger partial charge in [-0.05, 0) is 31.2 Å². The van der Waals surface area contributed by atoms with Gasteiger partial charge < -0.3 is 4.74 Å². The SMILES string of the molecule is C=C[C@H](C)N(C(=O)C(F)(F)F)c1ccc(OC)cc1. The third-order valence-electron chi connectivity index (χ3n) is 2.56. The summed E-state index contributed by atoms with van der Waals surface area (Å²) in [6.45, 7) is 4.88. The lowest BCUT2D eigenvalue weighted by molar-refractivity contribution is -0.170. The first-order chi connectivity index (χ1) is 8.81. The van der Waals surface area contributed by atoms with Crippen molar-refractivity contribution in [1.82, 2.24) is 0 Å². The number of ether oxygens (including phenoxy) is 1. The van der Waals surface area contributed by atoms with Gasteiger partial charge in [-0.3, -0.25) is 9.69 Å². The summed E-state index contributed by atoms with van der Waals surface area (Å²) < 4.78 is 42.6. The average molecular weight is 273 g/mol. The molecule has 1 aromatic carbocycles. The lowest BCUT2D eigenvalue weighted by Crippen LogP contribution is -2.45. The summed E-state index contributed by atoms with van der Waals surface area (Å²) in [5.74, 6) is -1.43. The van der Waals surface area contributed by atoms with E-state index in [0.29, 0.717) is 10.6 Å². The fourth-order valence-corrected chi connectivity index (χ4v) is 1.52. The van der Waals surface area contributed by atoms with Gasteiger partial charge in [-0.2, -0.15) is 13.2 Å². The molecule has 0 spiro atoms. The molecule has 1 amide bonds. The quantitative estimate of drug-likeness (QED) is 0.789. The highest BCUT2D eigenvalue weighted by Gasteiger charge is 2.44. The Bertz CT molecular complexity index is 454. The van der Waals surface area contributed by atoms with Crippen LogP contribution in [0, 0.1) is 0 Å². The molecule has 0 radical (unpaired) electrons. The molecule has 19 heavy (non-hydrogen) atoms. The molecule has 0 unspecified atom stereocenters. The van der Waals surface area contributed by atoms with E-state index in [0.717, 1.165) is 0 Å². The second-order valence-electron chi connectivity index (χ2n) is 3.85. The summed E-state index contributed by atoms with van der Waals surface area (Å²) in [5, 5.41) is 0. The molecule has 0 fully saturated rings. The van der Waals surface area contributed by atoms with Crippen LogP contribution in [0.4, 0.5) is 18.9 Å². The second kappa shape index (κ2) is 5.77. The highest BCUT2D eigenvalue weighted by atomic mass is 19.4. The Labute approximate surface area is 109 Å². The number of nitrogens with zero attached hydrogens (tertiary/aromatic N) is 1. The van der Waals surface area contributed by atoms with Gasteiger partial charge in [0.25, 0.3) is 0 Å². The molecule has 1 aromatic rings. The molecular weight excluding hydrogens is 259 g/mol. The van der Waals surface area contributed by atoms with Crippen molar-refractivity contribution >= 4 is 11.6 Å². The molecule has 0 aromatic heterocycles. The number of carbonyl (C=O) groups excluding carboxylic acids is 1. The van der Waals surface area contributed by atoms with Crippen LogP contribution in [0.1, 0.15) is 6.92 Å². The molecule has 0 aliphatic rings. The molecule has 0 bridgehead atoms. The largest absolute Gasteiger partial charge is 0.497 e. The summed E-state index contributed by atoms with van der Waals surface area (Å²) >= 11 is 0. The van der Waals surface area contributed by atoms with Gasteiger partial charge in [0.1, 0.15) is 5.75 Å². The summed E-state index contributed by atoms with van der Waals surface area (Å²) in [6, 6.07) is 4.98. The predicted octanol–water partition coefficient (Wildman–Crippen LogP) is 3.17. The number of rotatable bonds is 4. The summed E-state index contributed by atoms with van der Waals surface area (Å²) in [7, 11) is 1.44. The smallest absolute Gasteiger partial charge is 0.471 e. The van der Waals surface area contributed by atoms with Crippen molar-refractivity contribution in [3.05, 3.63) is 36.9 Å². The lowest BCUT2D eigenvalue weighted by Gasteiger charge is -2.28. The number of hydrogen-bond donors (Lipinski definition) is 0. The standard InChI is InChI=1S/C13H14F3NO2/c1-4-9(2)17(12(18)13(14,15)16)10-5-7-11(19-3)8-6-10/h4-9H,1H2,2-3H3/t9-/m0/s1. The van der Waals surface area contributed by atoms with E-state index in [1.807, 2.05) is 0 Å². The Balaban J connectivity index is 3.16. The average Bonchev–Trinajstić information content (AvgIpc) is 2.38. The number of amides is 1. The third kappa shape index (κ3) is 3.49. The first-order valence-electron chi connectivity index (χ1n) is 5.48. The minimum Gasteiger partial charge on any atom is -0.497 e. The van der Waals surface area contributed by atoms with Crippen molar-refractivity contribution in [2.75, 3.05) is 12.0 Å². The number of carbonyl (C=O) groups is 1. The Kier molecular flexibility index (Phi) is 4.58. The monoisotopic (exact) mass is 273 g/mol. The molecule has 104 valence electrons. The topological polar surface area (TPSA) is 29.5 Å². The normalized spacial score (nSPS) is 12.7. The van der Waals surface area contributed by atoms with Crippen molar-refractivity contribution in [3.8, 4) is 5.75 Å². The summed E-state index contributed by atoms with van der Waals surface area (Å²) in [4.78, 5) is 12.1. The van der Waals surface area contributed by atoms with Gasteiger partial charge in [0.05, 0.1) is 13.2 Å². The van der Waals surface area contributed by atoms with E-state index in [9.17, 15) is 18.0 Å². The molecule has 1 rings (SSSR count). The fourth-order valence-electron chi connectivity index (χ4n) is 1.52. The Hall–Kier alpha value is -1.98. The predicted molar refractivity (Wildman–Crippen MR) is 66.2 cm³/mol. The van der Waals surface area contributed by atoms with Gasteiger partial charge in [0.15, 0.2) is 0 Å². The van der Waals surface area contributed by atoms with Crippen LogP contribution in [0.15, 0.2) is 36.9 Å². The van der Waals surface area contributed by atoms with Crippen LogP contribution in [0.5, 0.6) is 5.75 Å². The number of anilines is 1. The third-order valence-corrected chi connectivity index (χ3v) is 2.56. The van der Waals surface area contributed by atoms with Crippen LogP contribution in [0.2, 0.25) is 0 Å². The van der Waals surface area contributed by atoms with E-state index in [1.54, 1.807) is 0 Å². The Morgan fingerprint density at radius 3 is 2.26 bits per heavy atom. The molecule has 0 aliphatic carbocycles. The van der Waals surface area contributed by atoms with Crippen LogP contribution in [0.25, 0.3) is 0 Å². The van der Waals surface area contributed by atoms with Gasteiger partial charge in [-0.1, -0.05) is 6.08 Å². The first kappa shape index (κ1) is 15.1. The zero-order valence-electron chi connectivity index (χ0n) is 10.6. The highest BCUT2D eigenvalue weighted by Crippen LogP contribution is 2.27. The van der Waals surface area contributed by atoms with Gasteiger partial charge in [-0.25, -0.2) is 0 Å². The molecule has 0 aliphatic heterocycles. The van der Waals surface area contributed by atoms with Crippen LogP contribution in [-0.2, 0) is 4.79 Å². The van der Waals surface area contributed by atoms with Crippen LogP contribution < -0.4 is 9.64 Å². The van der Waals surface area contributed by atoms with Crippen LogP contribution >= 0.6 is 0 Å². The molecule has 6 heteroatoms. The van der Waals surface area contributed by atoms with Crippen LogP contribution in [0.3, 0.4) is 0 Å². The van der Waals surface area contributed by atoms with Crippen LogP contribution in [-0.4, -0.2) is 25.2 Å². The summed E-state index contributed by atoms with van der Waals surface area (Å²) in [5.41, 5.74) is 0.135. The van der Waals surface area contributed by atoms with Gasteiger partial charge in [0.2, 0.25) is 0 Å². The van der Waals surface area contributed by atoms with Crippen molar-refractivity contribution in [2.45, 2.75) is 19.1 Å². The van der Waals surface area contributed by atoms with Crippen molar-refractivity contribution in [3.63, 3.8) is 0 Å². The Morgan fingerprint density at radius 2 is 1.89 bits per heavy atom. The highest BCUT2D eigenvalue weighted by molar-refractivity contribution is 5.98. The molecule has 1 atom stereocenters. The van der Waals surface area contributed by atoms with E-state index >= 15 is 0 Å². The first-order valence-corrected chi connectivity index (χ1v) is 5.48. The summed E-state index contributed by atoms with van der Waals surface area (Å²) in [6.07, 6.45) is -3.66. The van der Waals surface area contributed by atoms with E-state index < -0.39 is 18.1 Å².